The third-order valence-corrected chi connectivity index (χ3v) is 14.8. The zero-order chi connectivity index (χ0) is 48.2. The predicted octanol–water partition coefficient (Wildman–Crippen LogP) is 5.64. The molecule has 0 spiro atoms. The quantitative estimate of drug-likeness (QED) is 0.0525. The standard InChI is InChI=1S/C43H50FN5O15P2S/c1-5-18-57-31-16-14-29(15-17-31)27-8-6-26(7-9-27)28-10-12-30(13-11-28)42(53)58-19-32(44)37-23(2)24(3)38(60-25(4)50)43(62-37)63-65(54,55)64-66(56,67)59-20-33-35(51)36(52)41(61-33)49-22-48-34-39(45)46-21-47-40(34)49/h6-17,21-24,32-33,35-38,41,43,51-52H,5,18-20H2,1-4H3,(H,54,55)(H,56,67)(H2,45,46,47)/t23-,24-,32-,33+,35-,36?,37?,38?,41+,43-,66?/m0/s1. The summed E-state index contributed by atoms with van der Waals surface area (Å²) >= 11 is 4.95. The molecule has 0 bridgehead atoms. The summed E-state index contributed by atoms with van der Waals surface area (Å²) < 4.78 is 73.8. The van der Waals surface area contributed by atoms with E-state index in [4.69, 9.17) is 54.6 Å². The molecule has 24 heteroatoms. The normalized spacial score (nSPS) is 26.3. The number of nitrogens with two attached hydrogens (primary N) is 1. The Morgan fingerprint density at radius 2 is 1.52 bits per heavy atom. The number of hydrogen-bond donors (Lipinski definition) is 5. The van der Waals surface area contributed by atoms with Crippen LogP contribution in [0.5, 0.6) is 5.75 Å². The van der Waals surface area contributed by atoms with Crippen LogP contribution in [0, 0.1) is 11.8 Å². The van der Waals surface area contributed by atoms with Crippen LogP contribution in [0.3, 0.4) is 0 Å². The van der Waals surface area contributed by atoms with Gasteiger partial charge in [-0.3, -0.25) is 13.9 Å². The Balaban J connectivity index is 0.937. The molecule has 20 nitrogen and oxygen atoms in total. The van der Waals surface area contributed by atoms with Gasteiger partial charge in [0.25, 0.3) is 0 Å². The van der Waals surface area contributed by atoms with Gasteiger partial charge in [-0.2, -0.15) is 0 Å². The van der Waals surface area contributed by atoms with Gasteiger partial charge in [0.15, 0.2) is 30.0 Å². The number of rotatable bonds is 18. The molecule has 2 saturated heterocycles. The van der Waals surface area contributed by atoms with E-state index < -0.39 is 101 Å². The Kier molecular flexibility index (Phi) is 15.9. The van der Waals surface area contributed by atoms with Gasteiger partial charge < -0.3 is 53.9 Å². The molecule has 67 heavy (non-hydrogen) atoms. The maximum Gasteiger partial charge on any atom is 0.481 e. The molecule has 7 rings (SSSR count). The summed E-state index contributed by atoms with van der Waals surface area (Å²) in [5, 5.41) is 21.5. The Morgan fingerprint density at radius 3 is 2.13 bits per heavy atom. The maximum atomic E-state index is 16.0. The molecule has 5 aromatic rings. The first-order valence-electron chi connectivity index (χ1n) is 21.1. The summed E-state index contributed by atoms with van der Waals surface area (Å²) in [6, 6.07) is 22.3. The summed E-state index contributed by atoms with van der Waals surface area (Å²) in [4.78, 5) is 58.8. The Hall–Kier alpha value is -4.80. The number of ether oxygens (including phenoxy) is 5. The van der Waals surface area contributed by atoms with Crippen molar-refractivity contribution in [3.05, 3.63) is 91.0 Å². The molecule has 6 N–H and O–H groups in total. The second-order valence-corrected chi connectivity index (χ2v) is 20.3. The van der Waals surface area contributed by atoms with Crippen molar-refractivity contribution in [3.63, 3.8) is 0 Å². The van der Waals surface area contributed by atoms with Crippen molar-refractivity contribution in [1.82, 2.24) is 19.5 Å². The first kappa shape index (κ1) is 50.1. The second kappa shape index (κ2) is 21.2. The van der Waals surface area contributed by atoms with Crippen molar-refractivity contribution in [2.45, 2.75) is 83.3 Å². The Labute approximate surface area is 388 Å². The largest absolute Gasteiger partial charge is 0.494 e. The van der Waals surface area contributed by atoms with Gasteiger partial charge in [-0.25, -0.2) is 33.0 Å². The van der Waals surface area contributed by atoms with E-state index in [9.17, 15) is 34.2 Å². The minimum Gasteiger partial charge on any atom is -0.494 e. The molecule has 2 aliphatic heterocycles. The number of alkyl halides is 1. The number of aliphatic hydroxyl groups excluding tert-OH is 2. The van der Waals surface area contributed by atoms with E-state index in [1.165, 1.54) is 10.9 Å². The van der Waals surface area contributed by atoms with Gasteiger partial charge in [0, 0.05) is 12.8 Å². The smallest absolute Gasteiger partial charge is 0.481 e. The van der Waals surface area contributed by atoms with Crippen molar-refractivity contribution >= 4 is 55.3 Å². The lowest BCUT2D eigenvalue weighted by molar-refractivity contribution is -0.262. The molecule has 0 saturated carbocycles. The van der Waals surface area contributed by atoms with Crippen LogP contribution in [0.2, 0.25) is 0 Å². The Bertz CT molecular complexity index is 2610. The van der Waals surface area contributed by atoms with Gasteiger partial charge in [-0.05, 0) is 70.7 Å². The number of halogens is 1. The molecule has 2 fully saturated rings. The topological polar surface area (TPSA) is 276 Å². The van der Waals surface area contributed by atoms with Crippen LogP contribution < -0.4 is 10.5 Å². The fourth-order valence-electron chi connectivity index (χ4n) is 7.63. The summed E-state index contributed by atoms with van der Waals surface area (Å²) in [5.74, 6) is -2.30. The number of phosphoric acid groups is 1. The summed E-state index contributed by atoms with van der Waals surface area (Å²) in [6.45, 7) is 0.624. The highest BCUT2D eigenvalue weighted by atomic mass is 32.5. The lowest BCUT2D eigenvalue weighted by Crippen LogP contribution is -2.55. The zero-order valence-electron chi connectivity index (χ0n) is 36.5. The number of nitrogen functional groups attached to an aromatic ring is 1. The van der Waals surface area contributed by atoms with Gasteiger partial charge in [0.1, 0.15) is 42.5 Å². The van der Waals surface area contributed by atoms with Crippen molar-refractivity contribution in [3.8, 4) is 28.0 Å². The van der Waals surface area contributed by atoms with Crippen LogP contribution in [-0.2, 0) is 53.5 Å². The third kappa shape index (κ3) is 11.9. The molecule has 4 heterocycles. The molecular weight excluding hydrogens is 940 g/mol. The fourth-order valence-corrected chi connectivity index (χ4v) is 10.7. The third-order valence-electron chi connectivity index (χ3n) is 11.3. The highest BCUT2D eigenvalue weighted by Crippen LogP contribution is 2.62. The monoisotopic (exact) mass is 989 g/mol. The average molecular weight is 990 g/mol. The molecule has 0 radical (unpaired) electrons. The molecule has 0 amide bonds. The van der Waals surface area contributed by atoms with Crippen LogP contribution in [0.25, 0.3) is 33.4 Å². The molecule has 3 aromatic carbocycles. The number of nitrogens with zero attached hydrogens (tertiary/aromatic N) is 4. The minimum atomic E-state index is -5.51. The predicted molar refractivity (Wildman–Crippen MR) is 241 cm³/mol. The van der Waals surface area contributed by atoms with Gasteiger partial charge in [-0.15, -0.1) is 0 Å². The van der Waals surface area contributed by atoms with Crippen LogP contribution in [-0.4, -0.2) is 114 Å². The lowest BCUT2D eigenvalue weighted by atomic mass is 9.82. The number of benzene rings is 3. The summed E-state index contributed by atoms with van der Waals surface area (Å²) in [6.07, 6.45) is -9.32. The van der Waals surface area contributed by atoms with Crippen molar-refractivity contribution in [2.24, 2.45) is 11.8 Å². The van der Waals surface area contributed by atoms with E-state index in [0.29, 0.717) is 6.61 Å². The fraction of sp³-hybridized carbons (Fsp3) is 0.419. The molecule has 2 aliphatic rings. The average Bonchev–Trinajstić information content (AvgIpc) is 3.86. The number of fused-ring (bicyclic) bond motifs is 1. The van der Waals surface area contributed by atoms with Gasteiger partial charge in [-0.1, -0.05) is 69.3 Å². The SMILES string of the molecule is CCCOc1ccc(-c2ccc(-c3ccc(C(=O)OC[C@H](F)C4O[C@@H](OP(=O)(O)OP(O)(=S)OC[C@H]5O[C@@H](n6cnc7c(N)ncnc76)C(O)[C@H]5O)C(OC(C)=O)[C@@H](C)[C@@H]4C)cc3)cc2)cc1. The number of imidazole rings is 1. The lowest BCUT2D eigenvalue weighted by Gasteiger charge is -2.44. The number of aliphatic hydroxyl groups is 2. The van der Waals surface area contributed by atoms with E-state index >= 15 is 4.39 Å². The number of aromatic nitrogens is 4. The van der Waals surface area contributed by atoms with E-state index in [1.807, 2.05) is 55.5 Å². The first-order valence-corrected chi connectivity index (χ1v) is 25.2. The maximum absolute atomic E-state index is 16.0. The van der Waals surface area contributed by atoms with Crippen LogP contribution in [0.1, 0.15) is 50.7 Å². The number of carbonyl (C=O) groups is 2. The van der Waals surface area contributed by atoms with Crippen molar-refractivity contribution in [2.75, 3.05) is 25.6 Å². The van der Waals surface area contributed by atoms with Crippen LogP contribution >= 0.6 is 14.5 Å². The van der Waals surface area contributed by atoms with E-state index in [-0.39, 0.29) is 22.5 Å². The van der Waals surface area contributed by atoms with Crippen molar-refractivity contribution < 1.29 is 75.6 Å². The van der Waals surface area contributed by atoms with Crippen molar-refractivity contribution in [1.29, 1.82) is 0 Å². The van der Waals surface area contributed by atoms with Crippen LogP contribution in [0.4, 0.5) is 10.2 Å². The second-order valence-electron chi connectivity index (χ2n) is 16.0. The molecular formula is C43H50FN5O15P2S. The van der Waals surface area contributed by atoms with Crippen LogP contribution in [0.15, 0.2) is 85.5 Å². The highest BCUT2D eigenvalue weighted by Gasteiger charge is 2.51. The number of anilines is 1. The molecule has 360 valence electrons. The van der Waals surface area contributed by atoms with E-state index in [2.05, 4.69) is 15.0 Å². The highest BCUT2D eigenvalue weighted by molar-refractivity contribution is 8.08. The van der Waals surface area contributed by atoms with Gasteiger partial charge >= 0.3 is 26.5 Å². The summed E-state index contributed by atoms with van der Waals surface area (Å²) in [7, 11) is -5.51. The first-order chi connectivity index (χ1) is 31.8. The number of phosphoric ester groups is 1. The molecule has 5 unspecified atom stereocenters. The number of carbonyl (C=O) groups excluding carboxylic acids is 2. The number of hydrogen-bond acceptors (Lipinski definition) is 18. The number of esters is 2. The zero-order valence-corrected chi connectivity index (χ0v) is 39.1. The molecule has 2 aromatic heterocycles. The minimum absolute atomic E-state index is 0.0572. The Morgan fingerprint density at radius 1 is 0.910 bits per heavy atom. The van der Waals surface area contributed by atoms with Gasteiger partial charge in [0.2, 0.25) is 6.29 Å². The summed E-state index contributed by atoms with van der Waals surface area (Å²) in [5.41, 5.74) is 10.1. The van der Waals surface area contributed by atoms with Gasteiger partial charge in [0.05, 0.1) is 31.2 Å². The molecule has 12 atom stereocenters. The molecule has 0 aliphatic carbocycles. The van der Waals surface area contributed by atoms with E-state index in [0.717, 1.165) is 47.7 Å². The van der Waals surface area contributed by atoms with E-state index in [1.54, 1.807) is 38.1 Å².